The van der Waals surface area contributed by atoms with Gasteiger partial charge in [0.2, 0.25) is 0 Å². The number of ether oxygens (including phenoxy) is 1. The predicted molar refractivity (Wildman–Crippen MR) is 129 cm³/mol. The molecule has 1 heterocycles. The van der Waals surface area contributed by atoms with Crippen LogP contribution in [0.4, 0.5) is 10.5 Å². The van der Waals surface area contributed by atoms with Crippen molar-refractivity contribution in [3.05, 3.63) is 53.1 Å². The van der Waals surface area contributed by atoms with Crippen molar-refractivity contribution in [3.8, 4) is 0 Å². The van der Waals surface area contributed by atoms with E-state index in [9.17, 15) is 24.9 Å². The van der Waals surface area contributed by atoms with Gasteiger partial charge in [-0.2, -0.15) is 0 Å². The van der Waals surface area contributed by atoms with Gasteiger partial charge in [-0.15, -0.1) is 0 Å². The molecule has 1 aromatic rings. The molecular formula is C28H33NO6. The zero-order valence-electron chi connectivity index (χ0n) is 20.4. The molecule has 4 aliphatic carbocycles. The Hall–Kier alpha value is -2.48. The Bertz CT molecular complexity index is 1190. The first kappa shape index (κ1) is 23.0. The fourth-order valence-electron chi connectivity index (χ4n) is 7.79. The van der Waals surface area contributed by atoms with Gasteiger partial charge in [-0.25, -0.2) is 4.79 Å². The van der Waals surface area contributed by atoms with Crippen LogP contribution in [0.5, 0.6) is 0 Å². The van der Waals surface area contributed by atoms with Crippen molar-refractivity contribution >= 4 is 17.6 Å². The molecule has 7 atom stereocenters. The molecule has 2 bridgehead atoms. The molecule has 1 spiro atoms. The van der Waals surface area contributed by atoms with E-state index in [0.717, 1.165) is 24.1 Å². The van der Waals surface area contributed by atoms with Gasteiger partial charge in [0.05, 0.1) is 11.1 Å². The number of para-hydroxylation sites is 1. The van der Waals surface area contributed by atoms with Gasteiger partial charge in [0.15, 0.2) is 5.78 Å². The predicted octanol–water partition coefficient (Wildman–Crippen LogP) is 2.78. The summed E-state index contributed by atoms with van der Waals surface area (Å²) in [6, 6.07) is 7.66. The summed E-state index contributed by atoms with van der Waals surface area (Å²) >= 11 is 0. The maximum absolute atomic E-state index is 14.1. The Morgan fingerprint density at radius 1 is 1.20 bits per heavy atom. The minimum atomic E-state index is -2.09. The molecule has 1 aromatic carbocycles. The van der Waals surface area contributed by atoms with Crippen molar-refractivity contribution in [1.82, 2.24) is 0 Å². The second-order valence-corrected chi connectivity index (χ2v) is 11.7. The van der Waals surface area contributed by atoms with Crippen LogP contribution in [0.25, 0.3) is 0 Å². The number of hydrogen-bond acceptors (Lipinski definition) is 6. The second-order valence-electron chi connectivity index (χ2n) is 11.7. The Morgan fingerprint density at radius 3 is 2.71 bits per heavy atom. The zero-order valence-corrected chi connectivity index (χ0v) is 20.4. The number of anilines is 1. The first-order valence-electron chi connectivity index (χ1n) is 12.6. The molecule has 2 saturated carbocycles. The van der Waals surface area contributed by atoms with Crippen LogP contribution in [0, 0.1) is 28.6 Å². The summed E-state index contributed by atoms with van der Waals surface area (Å²) in [5.41, 5.74) is -0.838. The summed E-state index contributed by atoms with van der Waals surface area (Å²) in [4.78, 5) is 28.6. The first-order chi connectivity index (χ1) is 16.5. The lowest BCUT2D eigenvalue weighted by atomic mass is 9.63. The standard InChI is InChI=1S/C28H33NO6/c1-15-13-27-10-8-19-21(26(19,2)3)18(24(27)32)12-17(23(31)28(27,34)22(15)30)14-35-25(33)29-11-9-16-6-4-5-7-20(16)29/h4-7,12-13,18-19,21-23,30-31,34H,8-11,14H2,1-3H3/t18-,19+,21-,22-,23+,27+,28+/m0/s1. The lowest BCUT2D eigenvalue weighted by Crippen LogP contribution is -2.63. The number of fused-ring (bicyclic) bond motifs is 4. The highest BCUT2D eigenvalue weighted by Gasteiger charge is 2.73. The topological polar surface area (TPSA) is 107 Å². The van der Waals surface area contributed by atoms with Crippen LogP contribution in [0.15, 0.2) is 47.6 Å². The van der Waals surface area contributed by atoms with Gasteiger partial charge < -0.3 is 20.1 Å². The highest BCUT2D eigenvalue weighted by atomic mass is 16.6. The number of allylic oxidation sites excluding steroid dienone is 1. The number of nitrogens with zero attached hydrogens (tertiary/aromatic N) is 1. The van der Waals surface area contributed by atoms with Crippen molar-refractivity contribution in [2.75, 3.05) is 18.1 Å². The summed E-state index contributed by atoms with van der Waals surface area (Å²) < 4.78 is 5.65. The maximum atomic E-state index is 14.1. The summed E-state index contributed by atoms with van der Waals surface area (Å²) in [5.74, 6) is -0.256. The zero-order chi connectivity index (χ0) is 24.9. The van der Waals surface area contributed by atoms with E-state index in [1.165, 1.54) is 0 Å². The number of carbonyl (C=O) groups is 2. The fraction of sp³-hybridized carbons (Fsp3) is 0.571. The average Bonchev–Trinajstić information content (AvgIpc) is 3.12. The van der Waals surface area contributed by atoms with E-state index < -0.39 is 35.2 Å². The number of aliphatic hydroxyl groups excluding tert-OH is 2. The van der Waals surface area contributed by atoms with Crippen molar-refractivity contribution in [2.24, 2.45) is 28.6 Å². The molecule has 0 radical (unpaired) electrons. The molecule has 0 unspecified atom stereocenters. The first-order valence-corrected chi connectivity index (χ1v) is 12.6. The number of aliphatic hydroxyl groups is 3. The normalized spacial score (nSPS) is 40.6. The molecule has 3 N–H and O–H groups in total. The van der Waals surface area contributed by atoms with Crippen LogP contribution in [0.2, 0.25) is 0 Å². The van der Waals surface area contributed by atoms with Crippen molar-refractivity contribution in [2.45, 2.75) is 57.8 Å². The van der Waals surface area contributed by atoms with Crippen LogP contribution < -0.4 is 4.90 Å². The molecule has 2 fully saturated rings. The van der Waals surface area contributed by atoms with E-state index in [1.807, 2.05) is 24.3 Å². The second kappa shape index (κ2) is 7.28. The Balaban J connectivity index is 1.34. The number of hydrogen-bond donors (Lipinski definition) is 3. The molecule has 35 heavy (non-hydrogen) atoms. The highest BCUT2D eigenvalue weighted by molar-refractivity contribution is 5.95. The number of rotatable bonds is 2. The van der Waals surface area contributed by atoms with E-state index in [1.54, 1.807) is 24.0 Å². The lowest BCUT2D eigenvalue weighted by molar-refractivity contribution is -0.181. The van der Waals surface area contributed by atoms with Crippen LogP contribution in [0.3, 0.4) is 0 Å². The summed E-state index contributed by atoms with van der Waals surface area (Å²) in [7, 11) is 0. The van der Waals surface area contributed by atoms with Gasteiger partial charge in [0.1, 0.15) is 24.4 Å². The fourth-order valence-corrected chi connectivity index (χ4v) is 7.79. The third kappa shape index (κ3) is 2.83. The smallest absolute Gasteiger partial charge is 0.414 e. The molecule has 6 rings (SSSR count). The summed E-state index contributed by atoms with van der Waals surface area (Å²) in [6.45, 7) is 6.25. The lowest BCUT2D eigenvalue weighted by Gasteiger charge is -2.45. The van der Waals surface area contributed by atoms with Gasteiger partial charge in [-0.05, 0) is 66.2 Å². The van der Waals surface area contributed by atoms with Crippen molar-refractivity contribution in [1.29, 1.82) is 0 Å². The van der Waals surface area contributed by atoms with E-state index in [0.29, 0.717) is 24.5 Å². The monoisotopic (exact) mass is 479 g/mol. The summed E-state index contributed by atoms with van der Waals surface area (Å²) in [5, 5.41) is 34.5. The van der Waals surface area contributed by atoms with Gasteiger partial charge >= 0.3 is 6.09 Å². The van der Waals surface area contributed by atoms with Gasteiger partial charge in [0, 0.05) is 12.5 Å². The maximum Gasteiger partial charge on any atom is 0.414 e. The molecule has 0 aromatic heterocycles. The molecule has 5 aliphatic rings. The highest BCUT2D eigenvalue weighted by Crippen LogP contribution is 2.70. The van der Waals surface area contributed by atoms with E-state index >= 15 is 0 Å². The number of amides is 1. The van der Waals surface area contributed by atoms with Crippen LogP contribution in [-0.4, -0.2) is 58.2 Å². The molecule has 1 amide bonds. The summed E-state index contributed by atoms with van der Waals surface area (Å²) in [6.07, 6.45) is 1.82. The molecule has 7 heteroatoms. The number of benzene rings is 1. The molecule has 186 valence electrons. The van der Waals surface area contributed by atoms with Gasteiger partial charge in [-0.1, -0.05) is 44.2 Å². The van der Waals surface area contributed by atoms with Crippen LogP contribution >= 0.6 is 0 Å². The van der Waals surface area contributed by atoms with Gasteiger partial charge in [-0.3, -0.25) is 9.69 Å². The van der Waals surface area contributed by atoms with Crippen molar-refractivity contribution in [3.63, 3.8) is 0 Å². The molecule has 0 saturated heterocycles. The third-order valence-electron chi connectivity index (χ3n) is 9.79. The van der Waals surface area contributed by atoms with E-state index in [4.69, 9.17) is 4.74 Å². The molecular weight excluding hydrogens is 446 g/mol. The van der Waals surface area contributed by atoms with Crippen LogP contribution in [0.1, 0.15) is 39.2 Å². The largest absolute Gasteiger partial charge is 0.445 e. The molecule has 1 aliphatic heterocycles. The Kier molecular flexibility index (Phi) is 4.77. The third-order valence-corrected chi connectivity index (χ3v) is 9.79. The number of Topliss-reactive ketones (excluding diaryl/α,β-unsaturated/α-hetero) is 1. The average molecular weight is 480 g/mol. The van der Waals surface area contributed by atoms with Crippen molar-refractivity contribution < 1.29 is 29.6 Å². The Morgan fingerprint density at radius 2 is 1.94 bits per heavy atom. The van der Waals surface area contributed by atoms with Gasteiger partial charge in [0.25, 0.3) is 0 Å². The minimum Gasteiger partial charge on any atom is -0.445 e. The van der Waals surface area contributed by atoms with E-state index in [2.05, 4.69) is 13.8 Å². The number of carbonyl (C=O) groups excluding carboxylic acids is 2. The molecule has 7 nitrogen and oxygen atoms in total. The Labute approximate surface area is 205 Å². The number of ketones is 1. The van der Waals surface area contributed by atoms with Crippen LogP contribution in [-0.2, 0) is 16.0 Å². The quantitative estimate of drug-likeness (QED) is 0.563. The minimum absolute atomic E-state index is 0.0249. The van der Waals surface area contributed by atoms with E-state index in [-0.39, 0.29) is 29.3 Å². The SMILES string of the molecule is CC1=C[C@@]23CC[C@@H]4[C@H]([C@H](C=C(COC(=O)N5CCc6ccccc65)[C@@H](O)[C@]2(O)[C@H]1O)C3=O)C4(C)C.